The lowest BCUT2D eigenvalue weighted by atomic mass is 9.92. The molecule has 0 aliphatic carbocycles. The first-order valence-electron chi connectivity index (χ1n) is 15.4. The molecule has 1 aliphatic heterocycles. The Labute approximate surface area is 272 Å². The number of amides is 3. The van der Waals surface area contributed by atoms with Gasteiger partial charge in [0.05, 0.1) is 17.5 Å². The van der Waals surface area contributed by atoms with E-state index >= 15 is 0 Å². The van der Waals surface area contributed by atoms with Gasteiger partial charge < -0.3 is 38.7 Å². The van der Waals surface area contributed by atoms with Crippen LogP contribution in [0, 0.1) is 17.2 Å². The summed E-state index contributed by atoms with van der Waals surface area (Å²) < 4.78 is 11.4. The molecule has 0 radical (unpaired) electrons. The van der Waals surface area contributed by atoms with E-state index in [-0.39, 0.29) is 18.4 Å². The highest BCUT2D eigenvalue weighted by molar-refractivity contribution is 5.88. The average molecular weight is 649 g/mol. The van der Waals surface area contributed by atoms with Gasteiger partial charge in [0.2, 0.25) is 12.3 Å². The minimum Gasteiger partial charge on any atom is -0.479 e. The normalized spacial score (nSPS) is 15.6. The zero-order valence-electron chi connectivity index (χ0n) is 29.0. The largest absolute Gasteiger partial charge is 0.479 e. The van der Waals surface area contributed by atoms with Crippen molar-refractivity contribution in [1.29, 1.82) is 5.26 Å². The molecule has 15 heteroatoms. The van der Waals surface area contributed by atoms with Crippen molar-refractivity contribution in [2.45, 2.75) is 66.5 Å². The zero-order valence-corrected chi connectivity index (χ0v) is 29.0. The lowest BCUT2D eigenvalue weighted by molar-refractivity contribution is -0.155. The lowest BCUT2D eigenvalue weighted by Gasteiger charge is -2.42. The van der Waals surface area contributed by atoms with Gasteiger partial charge in [-0.1, -0.05) is 34.6 Å². The number of anilines is 1. The fourth-order valence-corrected chi connectivity index (χ4v) is 4.28. The van der Waals surface area contributed by atoms with Crippen molar-refractivity contribution in [3.63, 3.8) is 0 Å². The number of hydrogen-bond acceptors (Lipinski definition) is 10. The number of carbonyl (C=O) groups excluding carboxylic acids is 3. The summed E-state index contributed by atoms with van der Waals surface area (Å²) in [6.45, 7) is 13.1. The van der Waals surface area contributed by atoms with Crippen LogP contribution in [0.25, 0.3) is 11.0 Å². The summed E-state index contributed by atoms with van der Waals surface area (Å²) in [6, 6.07) is 4.14. The Hall–Kier alpha value is -4.45. The molecule has 0 spiro atoms. The molecule has 2 aromatic rings. The highest BCUT2D eigenvalue weighted by Gasteiger charge is 2.32. The number of aryl methyl sites for hydroxylation is 1. The summed E-state index contributed by atoms with van der Waals surface area (Å²) in [5.74, 6) is 0.101. The molecule has 46 heavy (non-hydrogen) atoms. The third-order valence-corrected chi connectivity index (χ3v) is 7.10. The monoisotopic (exact) mass is 648 g/mol. The fraction of sp³-hybridized carbons (Fsp3) is 0.645. The summed E-state index contributed by atoms with van der Waals surface area (Å²) in [6.07, 6.45) is 3.40. The molecule has 2 aromatic heterocycles. The number of carboxylic acid groups (broad SMARTS) is 1. The number of nitrogens with zero attached hydrogens (tertiary/aromatic N) is 8. The van der Waals surface area contributed by atoms with Crippen LogP contribution in [0.2, 0.25) is 0 Å². The van der Waals surface area contributed by atoms with E-state index in [0.717, 1.165) is 29.8 Å². The number of piperidine rings is 1. The number of hydrogen-bond donors (Lipinski definition) is 1. The average Bonchev–Trinajstić information content (AvgIpc) is 3.45. The van der Waals surface area contributed by atoms with Crippen LogP contribution < -0.4 is 4.90 Å². The number of nitriles is 1. The van der Waals surface area contributed by atoms with Crippen LogP contribution in [0.5, 0.6) is 0 Å². The van der Waals surface area contributed by atoms with Gasteiger partial charge in [-0.05, 0) is 25.3 Å². The Morgan fingerprint density at radius 3 is 2.41 bits per heavy atom. The molecule has 1 saturated heterocycles. The van der Waals surface area contributed by atoms with Gasteiger partial charge in [-0.25, -0.2) is 19.6 Å². The maximum atomic E-state index is 12.1. The second-order valence-corrected chi connectivity index (χ2v) is 10.2. The lowest BCUT2D eigenvalue weighted by Crippen LogP contribution is -2.52. The van der Waals surface area contributed by atoms with E-state index < -0.39 is 25.0 Å². The molecule has 3 heterocycles. The highest BCUT2D eigenvalue weighted by atomic mass is 16.7. The van der Waals surface area contributed by atoms with Crippen molar-refractivity contribution in [3.8, 4) is 6.07 Å². The third-order valence-electron chi connectivity index (χ3n) is 7.10. The molecule has 15 nitrogen and oxygen atoms in total. The van der Waals surface area contributed by atoms with Gasteiger partial charge in [0.25, 0.3) is 0 Å². The Kier molecular flexibility index (Phi) is 20.0. The molecule has 0 saturated carbocycles. The van der Waals surface area contributed by atoms with Crippen molar-refractivity contribution >= 4 is 41.2 Å². The van der Waals surface area contributed by atoms with E-state index in [9.17, 15) is 19.2 Å². The number of ether oxygens (including phenoxy) is 2. The van der Waals surface area contributed by atoms with E-state index in [0.29, 0.717) is 32.0 Å². The van der Waals surface area contributed by atoms with E-state index in [1.165, 1.54) is 23.8 Å². The Morgan fingerprint density at radius 2 is 1.83 bits per heavy atom. The standard InChI is InChI=1S/C17H22N6O.C10H18N2O6.2C2H6/c1-12-5-9-23(15(24)4-7-18)10-14(12)22(3)17-13-6-8-21(2)16(13)19-11-20-17;1-8(9(14)15)17-7-18-10(16)12(3)5-4-11(2)6-13;2*1-2/h6,8,11-12,14H,4-5,9-10H2,1-3H3;6,8H,4-5,7H2,1-3H3,(H,14,15);2*1-2H3. The van der Waals surface area contributed by atoms with Gasteiger partial charge >= 0.3 is 12.1 Å². The number of likely N-dealkylation sites (tertiary alicyclic amines) is 1. The van der Waals surface area contributed by atoms with Gasteiger partial charge in [-0.3, -0.25) is 9.59 Å². The first-order chi connectivity index (χ1) is 21.9. The van der Waals surface area contributed by atoms with Crippen LogP contribution in [-0.2, 0) is 30.9 Å². The molecule has 3 unspecified atom stereocenters. The minimum absolute atomic E-state index is 0.0543. The third kappa shape index (κ3) is 12.9. The number of aliphatic carboxylic acids is 1. The Balaban J connectivity index is 0.000000825. The SMILES string of the molecule is CC.CC.CC(OCOC(=O)N(C)CCN(C)C=O)C(=O)O.CC1CCN(C(=O)CC#N)CC1N(C)c1ncnc2c1ccn2C. The second kappa shape index (κ2) is 22.1. The van der Waals surface area contributed by atoms with Gasteiger partial charge in [0.1, 0.15) is 24.2 Å². The van der Waals surface area contributed by atoms with E-state index in [1.807, 2.05) is 64.7 Å². The highest BCUT2D eigenvalue weighted by Crippen LogP contribution is 2.29. The molecule has 258 valence electrons. The van der Waals surface area contributed by atoms with Crippen molar-refractivity contribution in [3.05, 3.63) is 18.6 Å². The maximum absolute atomic E-state index is 12.1. The molecular weight excluding hydrogens is 596 g/mol. The van der Waals surface area contributed by atoms with Crippen molar-refractivity contribution in [2.24, 2.45) is 13.0 Å². The summed E-state index contributed by atoms with van der Waals surface area (Å²) >= 11 is 0. The summed E-state index contributed by atoms with van der Waals surface area (Å²) in [4.78, 5) is 59.6. The van der Waals surface area contributed by atoms with E-state index in [2.05, 4.69) is 26.5 Å². The maximum Gasteiger partial charge on any atom is 0.411 e. The number of carbonyl (C=O) groups is 4. The molecule has 3 amide bonds. The van der Waals surface area contributed by atoms with Gasteiger partial charge in [0.15, 0.2) is 12.9 Å². The first kappa shape index (κ1) is 41.5. The molecule has 3 atom stereocenters. The molecular formula is C31H52N8O7. The van der Waals surface area contributed by atoms with Gasteiger partial charge in [-0.15, -0.1) is 0 Å². The molecule has 0 bridgehead atoms. The number of rotatable bonds is 11. The quantitative estimate of drug-likeness (QED) is 0.280. The molecule has 3 rings (SSSR count). The number of likely N-dealkylation sites (N-methyl/N-ethyl adjacent to an activating group) is 3. The zero-order chi connectivity index (χ0) is 35.4. The smallest absolute Gasteiger partial charge is 0.411 e. The Bertz CT molecular complexity index is 1270. The van der Waals surface area contributed by atoms with Gasteiger partial charge in [-0.2, -0.15) is 5.26 Å². The predicted octanol–water partition coefficient (Wildman–Crippen LogP) is 3.20. The van der Waals surface area contributed by atoms with E-state index in [1.54, 1.807) is 18.3 Å². The predicted molar refractivity (Wildman–Crippen MR) is 175 cm³/mol. The summed E-state index contributed by atoms with van der Waals surface area (Å²) in [5.41, 5.74) is 0.896. The van der Waals surface area contributed by atoms with Crippen LogP contribution in [0.3, 0.4) is 0 Å². The van der Waals surface area contributed by atoms with Crippen LogP contribution in [0.4, 0.5) is 10.6 Å². The molecule has 0 aromatic carbocycles. The van der Waals surface area contributed by atoms with Crippen molar-refractivity contribution in [1.82, 2.24) is 29.2 Å². The minimum atomic E-state index is -1.13. The van der Waals surface area contributed by atoms with Crippen LogP contribution >= 0.6 is 0 Å². The second-order valence-electron chi connectivity index (χ2n) is 10.2. The fourth-order valence-electron chi connectivity index (χ4n) is 4.28. The summed E-state index contributed by atoms with van der Waals surface area (Å²) in [5, 5.41) is 18.3. The topological polar surface area (TPSA) is 174 Å². The van der Waals surface area contributed by atoms with Crippen molar-refractivity contribution in [2.75, 3.05) is 59.0 Å². The van der Waals surface area contributed by atoms with Crippen molar-refractivity contribution < 1.29 is 33.8 Å². The number of aromatic nitrogens is 3. The number of fused-ring (bicyclic) bond motifs is 1. The molecule has 1 aliphatic rings. The molecule has 1 fully saturated rings. The summed E-state index contributed by atoms with van der Waals surface area (Å²) in [7, 11) is 7.07. The van der Waals surface area contributed by atoms with Gasteiger partial charge in [0, 0.05) is 60.6 Å². The van der Waals surface area contributed by atoms with Crippen LogP contribution in [-0.4, -0.2) is 125 Å². The van der Waals surface area contributed by atoms with Crippen LogP contribution in [0.1, 0.15) is 54.4 Å². The Morgan fingerprint density at radius 1 is 1.17 bits per heavy atom. The number of carboxylic acids is 1. The molecule has 1 N–H and O–H groups in total. The first-order valence-corrected chi connectivity index (χ1v) is 15.4. The van der Waals surface area contributed by atoms with E-state index in [4.69, 9.17) is 15.1 Å². The van der Waals surface area contributed by atoms with Crippen LogP contribution in [0.15, 0.2) is 18.6 Å².